The molecule has 3 aromatic heterocycles. The summed E-state index contributed by atoms with van der Waals surface area (Å²) in [6, 6.07) is 13.6. The van der Waals surface area contributed by atoms with Gasteiger partial charge in [-0.25, -0.2) is 14.5 Å². The smallest absolute Gasteiger partial charge is 0.341 e. The van der Waals surface area contributed by atoms with Crippen LogP contribution < -0.4 is 0 Å². The fraction of sp³-hybridized carbons (Fsp3) is 0.105. The molecule has 0 aliphatic heterocycles. The van der Waals surface area contributed by atoms with Gasteiger partial charge in [0.25, 0.3) is 0 Å². The van der Waals surface area contributed by atoms with Crippen LogP contribution in [0.4, 0.5) is 0 Å². The highest BCUT2D eigenvalue weighted by Crippen LogP contribution is 2.26. The second kappa shape index (κ2) is 6.49. The van der Waals surface area contributed by atoms with Crippen molar-refractivity contribution in [3.63, 3.8) is 0 Å². The van der Waals surface area contributed by atoms with Crippen LogP contribution in [0.25, 0.3) is 15.9 Å². The number of benzene rings is 1. The lowest BCUT2D eigenvalue weighted by Crippen LogP contribution is -2.07. The zero-order chi connectivity index (χ0) is 17.2. The standard InChI is InChI=1S/C19H15N3O2S/c1-13-16(10-21-22(13)18-8-4-5-9-20-18)19(23)24-11-14-12-25-17-7-3-2-6-15(14)17/h2-10,12H,11H2,1H3. The van der Waals surface area contributed by atoms with E-state index in [1.807, 2.05) is 48.7 Å². The summed E-state index contributed by atoms with van der Waals surface area (Å²) in [5, 5.41) is 7.41. The molecule has 0 saturated heterocycles. The Balaban J connectivity index is 1.53. The van der Waals surface area contributed by atoms with Crippen molar-refractivity contribution < 1.29 is 9.53 Å². The van der Waals surface area contributed by atoms with Gasteiger partial charge in [-0.2, -0.15) is 5.10 Å². The Morgan fingerprint density at radius 2 is 2.04 bits per heavy atom. The minimum atomic E-state index is -0.380. The average molecular weight is 349 g/mol. The van der Waals surface area contributed by atoms with Crippen molar-refractivity contribution in [2.45, 2.75) is 13.5 Å². The van der Waals surface area contributed by atoms with Gasteiger partial charge < -0.3 is 4.74 Å². The molecular weight excluding hydrogens is 334 g/mol. The first-order valence-corrected chi connectivity index (χ1v) is 8.70. The number of aromatic nitrogens is 3. The number of esters is 1. The van der Waals surface area contributed by atoms with Gasteiger partial charge in [0.05, 0.1) is 11.9 Å². The molecule has 0 radical (unpaired) electrons. The summed E-state index contributed by atoms with van der Waals surface area (Å²) in [6.45, 7) is 2.08. The molecule has 4 rings (SSSR count). The highest BCUT2D eigenvalue weighted by molar-refractivity contribution is 7.17. The number of pyridine rings is 1. The summed E-state index contributed by atoms with van der Waals surface area (Å²) in [7, 11) is 0. The predicted molar refractivity (Wildman–Crippen MR) is 97.0 cm³/mol. The van der Waals surface area contributed by atoms with Crippen LogP contribution in [0.15, 0.2) is 60.2 Å². The average Bonchev–Trinajstić information content (AvgIpc) is 3.24. The van der Waals surface area contributed by atoms with Crippen molar-refractivity contribution in [1.82, 2.24) is 14.8 Å². The Bertz CT molecular complexity index is 1040. The number of fused-ring (bicyclic) bond motifs is 1. The van der Waals surface area contributed by atoms with E-state index < -0.39 is 0 Å². The maximum atomic E-state index is 12.4. The van der Waals surface area contributed by atoms with Crippen molar-refractivity contribution in [2.75, 3.05) is 0 Å². The molecule has 0 spiro atoms. The molecule has 0 aliphatic carbocycles. The number of carbonyl (C=O) groups is 1. The summed E-state index contributed by atoms with van der Waals surface area (Å²) in [6.07, 6.45) is 3.22. The number of carbonyl (C=O) groups excluding carboxylic acids is 1. The van der Waals surface area contributed by atoms with Crippen molar-refractivity contribution in [3.05, 3.63) is 77.1 Å². The molecule has 0 saturated carbocycles. The molecule has 25 heavy (non-hydrogen) atoms. The van der Waals surface area contributed by atoms with Gasteiger partial charge in [-0.3, -0.25) is 0 Å². The molecule has 1 aromatic carbocycles. The maximum Gasteiger partial charge on any atom is 0.341 e. The number of hydrogen-bond acceptors (Lipinski definition) is 5. The van der Waals surface area contributed by atoms with E-state index in [1.165, 1.54) is 10.9 Å². The van der Waals surface area contributed by atoms with E-state index in [-0.39, 0.29) is 12.6 Å². The molecule has 0 unspecified atom stereocenters. The molecule has 6 heteroatoms. The van der Waals surface area contributed by atoms with Crippen LogP contribution in [0.3, 0.4) is 0 Å². The molecular formula is C19H15N3O2S. The zero-order valence-corrected chi connectivity index (χ0v) is 14.4. The predicted octanol–water partition coefficient (Wildman–Crippen LogP) is 4.15. The Kier molecular flexibility index (Phi) is 4.03. The molecule has 0 N–H and O–H groups in total. The second-order valence-electron chi connectivity index (χ2n) is 5.58. The van der Waals surface area contributed by atoms with E-state index in [0.29, 0.717) is 17.1 Å². The molecule has 0 amide bonds. The number of ether oxygens (including phenoxy) is 1. The number of rotatable bonds is 4. The van der Waals surface area contributed by atoms with Gasteiger partial charge in [-0.15, -0.1) is 11.3 Å². The zero-order valence-electron chi connectivity index (χ0n) is 13.5. The van der Waals surface area contributed by atoms with Crippen molar-refractivity contribution >= 4 is 27.4 Å². The topological polar surface area (TPSA) is 57.0 Å². The van der Waals surface area contributed by atoms with Crippen LogP contribution in [0.5, 0.6) is 0 Å². The van der Waals surface area contributed by atoms with E-state index in [0.717, 1.165) is 10.9 Å². The van der Waals surface area contributed by atoms with E-state index in [4.69, 9.17) is 4.74 Å². The molecule has 4 aromatic rings. The van der Waals surface area contributed by atoms with Crippen LogP contribution in [-0.2, 0) is 11.3 Å². The molecule has 0 fully saturated rings. The van der Waals surface area contributed by atoms with Crippen LogP contribution >= 0.6 is 11.3 Å². The number of hydrogen-bond donors (Lipinski definition) is 0. The van der Waals surface area contributed by atoms with Gasteiger partial charge in [0.2, 0.25) is 0 Å². The second-order valence-corrected chi connectivity index (χ2v) is 6.49. The summed E-state index contributed by atoms with van der Waals surface area (Å²) in [5.74, 6) is 0.290. The Morgan fingerprint density at radius 1 is 1.20 bits per heavy atom. The van der Waals surface area contributed by atoms with Gasteiger partial charge in [-0.1, -0.05) is 24.3 Å². The lowest BCUT2D eigenvalue weighted by Gasteiger charge is -2.05. The lowest BCUT2D eigenvalue weighted by molar-refractivity contribution is 0.0474. The minimum absolute atomic E-state index is 0.247. The fourth-order valence-electron chi connectivity index (χ4n) is 2.69. The van der Waals surface area contributed by atoms with Gasteiger partial charge in [0, 0.05) is 16.5 Å². The van der Waals surface area contributed by atoms with Crippen LogP contribution in [-0.4, -0.2) is 20.7 Å². The Labute approximate surface area is 148 Å². The summed E-state index contributed by atoms with van der Waals surface area (Å²) in [4.78, 5) is 16.7. The summed E-state index contributed by atoms with van der Waals surface area (Å²) >= 11 is 1.65. The normalized spacial score (nSPS) is 10.9. The van der Waals surface area contributed by atoms with Gasteiger partial charge in [0.15, 0.2) is 5.82 Å². The summed E-state index contributed by atoms with van der Waals surface area (Å²) < 4.78 is 8.33. The molecule has 0 bridgehead atoms. The molecule has 124 valence electrons. The Morgan fingerprint density at radius 3 is 2.88 bits per heavy atom. The van der Waals surface area contributed by atoms with Crippen LogP contribution in [0.2, 0.25) is 0 Å². The van der Waals surface area contributed by atoms with Crippen molar-refractivity contribution in [1.29, 1.82) is 0 Å². The highest BCUT2D eigenvalue weighted by atomic mass is 32.1. The monoisotopic (exact) mass is 349 g/mol. The quantitative estimate of drug-likeness (QED) is 0.519. The van der Waals surface area contributed by atoms with E-state index in [1.54, 1.807) is 22.2 Å². The first-order chi connectivity index (χ1) is 12.2. The highest BCUT2D eigenvalue weighted by Gasteiger charge is 2.17. The van der Waals surface area contributed by atoms with E-state index >= 15 is 0 Å². The molecule has 3 heterocycles. The van der Waals surface area contributed by atoms with Gasteiger partial charge in [-0.05, 0) is 35.9 Å². The van der Waals surface area contributed by atoms with E-state index in [2.05, 4.69) is 16.1 Å². The first kappa shape index (κ1) is 15.5. The third kappa shape index (κ3) is 2.92. The third-order valence-electron chi connectivity index (χ3n) is 4.02. The van der Waals surface area contributed by atoms with Crippen molar-refractivity contribution in [3.8, 4) is 5.82 Å². The van der Waals surface area contributed by atoms with Gasteiger partial charge in [0.1, 0.15) is 12.2 Å². The van der Waals surface area contributed by atoms with Crippen LogP contribution in [0, 0.1) is 6.92 Å². The Hall–Kier alpha value is -2.99. The largest absolute Gasteiger partial charge is 0.457 e. The van der Waals surface area contributed by atoms with Crippen molar-refractivity contribution in [2.24, 2.45) is 0 Å². The van der Waals surface area contributed by atoms with Crippen LogP contribution in [0.1, 0.15) is 21.6 Å². The summed E-state index contributed by atoms with van der Waals surface area (Å²) in [5.41, 5.74) is 2.17. The van der Waals surface area contributed by atoms with Gasteiger partial charge >= 0.3 is 5.97 Å². The first-order valence-electron chi connectivity index (χ1n) is 7.82. The number of nitrogens with zero attached hydrogens (tertiary/aromatic N) is 3. The maximum absolute atomic E-state index is 12.4. The minimum Gasteiger partial charge on any atom is -0.457 e. The number of thiophene rings is 1. The lowest BCUT2D eigenvalue weighted by atomic mass is 10.2. The molecule has 0 aliphatic rings. The third-order valence-corrected chi connectivity index (χ3v) is 5.03. The SMILES string of the molecule is Cc1c(C(=O)OCc2csc3ccccc23)cnn1-c1ccccn1. The fourth-order valence-corrected chi connectivity index (χ4v) is 3.63. The van der Waals surface area contributed by atoms with E-state index in [9.17, 15) is 4.79 Å². The molecule has 0 atom stereocenters. The molecule has 5 nitrogen and oxygen atoms in total.